The number of nitrogens with zero attached hydrogens (tertiary/aromatic N) is 2. The monoisotopic (exact) mass is 345 g/mol. The van der Waals surface area contributed by atoms with Crippen LogP contribution in [0.3, 0.4) is 0 Å². The van der Waals surface area contributed by atoms with Crippen LogP contribution in [-0.4, -0.2) is 21.6 Å². The van der Waals surface area contributed by atoms with Crippen LogP contribution in [0.1, 0.15) is 23.9 Å². The van der Waals surface area contributed by atoms with E-state index in [1.165, 1.54) is 0 Å². The molecule has 0 saturated heterocycles. The van der Waals surface area contributed by atoms with Crippen molar-refractivity contribution in [3.8, 4) is 0 Å². The average molecular weight is 345 g/mol. The topological polar surface area (TPSA) is 67.9 Å². The zero-order valence-corrected chi connectivity index (χ0v) is 13.7. The molecule has 3 rings (SSSR count). The van der Waals surface area contributed by atoms with E-state index in [9.17, 15) is 13.6 Å². The van der Waals surface area contributed by atoms with Gasteiger partial charge in [0.15, 0.2) is 5.65 Å². The third-order valence-electron chi connectivity index (χ3n) is 3.84. The fourth-order valence-corrected chi connectivity index (χ4v) is 2.46. The van der Waals surface area contributed by atoms with Gasteiger partial charge in [0, 0.05) is 6.20 Å². The molecular weight excluding hydrogens is 328 g/mol. The lowest BCUT2D eigenvalue weighted by molar-refractivity contribution is 0.118. The summed E-state index contributed by atoms with van der Waals surface area (Å²) >= 11 is 0. The molecule has 3 aromatic rings. The number of benzene rings is 1. The van der Waals surface area contributed by atoms with Gasteiger partial charge in [-0.25, -0.2) is 18.7 Å². The van der Waals surface area contributed by atoms with Gasteiger partial charge < -0.3 is 9.72 Å². The number of aromatic nitrogens is 3. The highest BCUT2D eigenvalue weighted by atomic mass is 19.1. The predicted molar refractivity (Wildman–Crippen MR) is 89.3 cm³/mol. The Labute approximate surface area is 142 Å². The molecule has 0 saturated carbocycles. The zero-order valence-electron chi connectivity index (χ0n) is 13.7. The fraction of sp³-hybridized carbons (Fsp3) is 0.278. The molecule has 0 unspecified atom stereocenters. The number of H-pyrrole nitrogens is 1. The molecule has 0 radical (unpaired) electrons. The molecule has 0 bridgehead atoms. The minimum absolute atomic E-state index is 0.0549. The first-order chi connectivity index (χ1) is 12.1. The number of halogens is 2. The highest BCUT2D eigenvalue weighted by Crippen LogP contribution is 2.11. The third-order valence-corrected chi connectivity index (χ3v) is 3.84. The van der Waals surface area contributed by atoms with Gasteiger partial charge in [0.05, 0.1) is 12.0 Å². The summed E-state index contributed by atoms with van der Waals surface area (Å²) in [6.45, 7) is 2.21. The van der Waals surface area contributed by atoms with Crippen molar-refractivity contribution >= 4 is 11.0 Å². The van der Waals surface area contributed by atoms with E-state index >= 15 is 0 Å². The van der Waals surface area contributed by atoms with Gasteiger partial charge >= 0.3 is 0 Å². The first-order valence-corrected chi connectivity index (χ1v) is 7.96. The number of aryl methyl sites for hydroxylation is 1. The van der Waals surface area contributed by atoms with Gasteiger partial charge in [0.2, 0.25) is 0 Å². The predicted octanol–water partition coefficient (Wildman–Crippen LogP) is 2.92. The summed E-state index contributed by atoms with van der Waals surface area (Å²) in [5.41, 5.74) is 1.29. The van der Waals surface area contributed by atoms with E-state index in [1.54, 1.807) is 12.3 Å². The van der Waals surface area contributed by atoms with Crippen LogP contribution in [0.2, 0.25) is 0 Å². The van der Waals surface area contributed by atoms with E-state index in [-0.39, 0.29) is 30.8 Å². The molecular formula is C18H17F2N3O2. The molecule has 0 spiro atoms. The van der Waals surface area contributed by atoms with Gasteiger partial charge in [-0.3, -0.25) is 4.79 Å². The second-order valence-electron chi connectivity index (χ2n) is 5.62. The normalized spacial score (nSPS) is 11.2. The smallest absolute Gasteiger partial charge is 0.260 e. The lowest BCUT2D eigenvalue weighted by atomic mass is 10.1. The summed E-state index contributed by atoms with van der Waals surface area (Å²) < 4.78 is 32.0. The standard InChI is InChI=1S/C18H17F2N3O2/c1-2-11-7-14-17(21-9-11)22-16(23-18(14)24)10-25-6-5-12-8-13(19)3-4-15(12)20/h3-4,7-9H,2,5-6,10H2,1H3,(H,21,22,23,24). The molecule has 1 N–H and O–H groups in total. The Morgan fingerprint density at radius 1 is 1.24 bits per heavy atom. The van der Waals surface area contributed by atoms with Crippen LogP contribution in [0.25, 0.3) is 11.0 Å². The molecule has 2 aromatic heterocycles. The van der Waals surface area contributed by atoms with E-state index in [4.69, 9.17) is 4.74 Å². The molecule has 2 heterocycles. The van der Waals surface area contributed by atoms with Crippen molar-refractivity contribution in [1.82, 2.24) is 15.0 Å². The zero-order chi connectivity index (χ0) is 17.8. The molecule has 0 aliphatic rings. The highest BCUT2D eigenvalue weighted by molar-refractivity contribution is 5.73. The molecule has 25 heavy (non-hydrogen) atoms. The lowest BCUT2D eigenvalue weighted by Gasteiger charge is -2.06. The van der Waals surface area contributed by atoms with Gasteiger partial charge in [-0.15, -0.1) is 0 Å². The van der Waals surface area contributed by atoms with Crippen molar-refractivity contribution in [2.75, 3.05) is 6.61 Å². The van der Waals surface area contributed by atoms with Gasteiger partial charge in [0.1, 0.15) is 24.1 Å². The van der Waals surface area contributed by atoms with Crippen LogP contribution < -0.4 is 5.56 Å². The number of hydrogen-bond acceptors (Lipinski definition) is 4. The van der Waals surface area contributed by atoms with Crippen molar-refractivity contribution in [2.45, 2.75) is 26.4 Å². The van der Waals surface area contributed by atoms with Gasteiger partial charge in [-0.1, -0.05) is 6.92 Å². The average Bonchev–Trinajstić information content (AvgIpc) is 2.61. The van der Waals surface area contributed by atoms with Crippen LogP contribution in [-0.2, 0) is 24.2 Å². The van der Waals surface area contributed by atoms with Gasteiger partial charge in [-0.2, -0.15) is 0 Å². The first-order valence-electron chi connectivity index (χ1n) is 7.96. The van der Waals surface area contributed by atoms with E-state index in [0.29, 0.717) is 16.9 Å². The van der Waals surface area contributed by atoms with E-state index < -0.39 is 11.6 Å². The van der Waals surface area contributed by atoms with Crippen LogP contribution >= 0.6 is 0 Å². The first kappa shape index (κ1) is 17.2. The van der Waals surface area contributed by atoms with Crippen LogP contribution in [0.4, 0.5) is 8.78 Å². The maximum Gasteiger partial charge on any atom is 0.260 e. The molecule has 0 aliphatic heterocycles. The molecule has 130 valence electrons. The van der Waals surface area contributed by atoms with Crippen molar-refractivity contribution in [1.29, 1.82) is 0 Å². The fourth-order valence-electron chi connectivity index (χ4n) is 2.46. The Kier molecular flexibility index (Phi) is 5.14. The SMILES string of the molecule is CCc1cnc2nc(COCCc3cc(F)ccc3F)[nH]c(=O)c2c1. The summed E-state index contributed by atoms with van der Waals surface area (Å²) in [6.07, 6.45) is 2.69. The lowest BCUT2D eigenvalue weighted by Crippen LogP contribution is -2.14. The van der Waals surface area contributed by atoms with E-state index in [0.717, 1.165) is 30.2 Å². The van der Waals surface area contributed by atoms with Gasteiger partial charge in [0.25, 0.3) is 5.56 Å². The Morgan fingerprint density at radius 3 is 2.88 bits per heavy atom. The number of hydrogen-bond donors (Lipinski definition) is 1. The maximum absolute atomic E-state index is 13.5. The molecule has 5 nitrogen and oxygen atoms in total. The van der Waals surface area contributed by atoms with Crippen molar-refractivity contribution in [3.05, 3.63) is 69.4 Å². The third kappa shape index (κ3) is 4.06. The quantitative estimate of drug-likeness (QED) is 0.698. The molecule has 0 aliphatic carbocycles. The van der Waals surface area contributed by atoms with Crippen molar-refractivity contribution in [3.63, 3.8) is 0 Å². The maximum atomic E-state index is 13.5. The van der Waals surface area contributed by atoms with Gasteiger partial charge in [-0.05, 0) is 48.2 Å². The van der Waals surface area contributed by atoms with E-state index in [2.05, 4.69) is 15.0 Å². The Balaban J connectivity index is 1.65. The number of nitrogens with one attached hydrogen (secondary N) is 1. The summed E-state index contributed by atoms with van der Waals surface area (Å²) in [4.78, 5) is 23.2. The molecule has 0 fully saturated rings. The van der Waals surface area contributed by atoms with Crippen LogP contribution in [0, 0.1) is 11.6 Å². The Bertz CT molecular complexity index is 957. The summed E-state index contributed by atoms with van der Waals surface area (Å²) in [6, 6.07) is 5.07. The molecule has 1 aromatic carbocycles. The summed E-state index contributed by atoms with van der Waals surface area (Å²) in [5.74, 6) is -0.624. The largest absolute Gasteiger partial charge is 0.373 e. The Morgan fingerprint density at radius 2 is 2.08 bits per heavy atom. The highest BCUT2D eigenvalue weighted by Gasteiger charge is 2.07. The van der Waals surface area contributed by atoms with Crippen LogP contribution in [0.5, 0.6) is 0 Å². The minimum Gasteiger partial charge on any atom is -0.373 e. The number of aromatic amines is 1. The number of ether oxygens (including phenoxy) is 1. The summed E-state index contributed by atoms with van der Waals surface area (Å²) in [7, 11) is 0. The molecule has 7 heteroatoms. The van der Waals surface area contributed by atoms with Crippen LogP contribution in [0.15, 0.2) is 35.3 Å². The number of pyridine rings is 1. The number of rotatable bonds is 6. The molecule has 0 amide bonds. The minimum atomic E-state index is -0.491. The van der Waals surface area contributed by atoms with Crippen molar-refractivity contribution < 1.29 is 13.5 Å². The van der Waals surface area contributed by atoms with E-state index in [1.807, 2.05) is 6.92 Å². The number of fused-ring (bicyclic) bond motifs is 1. The Hall–Kier alpha value is -2.67. The second kappa shape index (κ2) is 7.48. The summed E-state index contributed by atoms with van der Waals surface area (Å²) in [5, 5.41) is 0.435. The molecule has 0 atom stereocenters. The second-order valence-corrected chi connectivity index (χ2v) is 5.62. The van der Waals surface area contributed by atoms with Crippen molar-refractivity contribution in [2.24, 2.45) is 0 Å².